The maximum atomic E-state index is 10.9. The molecule has 0 N–H and O–H groups in total. The van der Waals surface area contributed by atoms with E-state index in [0.29, 0.717) is 6.61 Å². The van der Waals surface area contributed by atoms with Crippen LogP contribution in [0.1, 0.15) is 12.5 Å². The van der Waals surface area contributed by atoms with Crippen LogP contribution in [0, 0.1) is 0 Å². The lowest BCUT2D eigenvalue weighted by atomic mass is 10.1. The molecule has 84 valence electrons. The molecule has 0 bridgehead atoms. The van der Waals surface area contributed by atoms with Crippen LogP contribution in [0.5, 0.6) is 0 Å². The molecular weight excluding hydrogens is 204 g/mol. The highest BCUT2D eigenvalue weighted by Gasteiger charge is 2.22. The number of carbonyl (C=O) groups excluding carboxylic acids is 1. The van der Waals surface area contributed by atoms with E-state index < -0.39 is 0 Å². The van der Waals surface area contributed by atoms with Crippen LogP contribution in [-0.4, -0.2) is 18.2 Å². The number of cyclic esters (lactones) is 1. The summed E-state index contributed by atoms with van der Waals surface area (Å²) >= 11 is 0. The van der Waals surface area contributed by atoms with Gasteiger partial charge in [0.2, 0.25) is 0 Å². The number of benzene rings is 1. The van der Waals surface area contributed by atoms with E-state index in [-0.39, 0.29) is 18.2 Å². The van der Waals surface area contributed by atoms with Crippen LogP contribution in [-0.2, 0) is 20.9 Å². The van der Waals surface area contributed by atoms with E-state index in [9.17, 15) is 4.79 Å². The SMILES string of the molecule is C[C@H]1OC(=O)C=C[C@@H]1OCc1ccccc1. The van der Waals surface area contributed by atoms with Gasteiger partial charge in [0.05, 0.1) is 6.61 Å². The van der Waals surface area contributed by atoms with Crippen LogP contribution in [0.3, 0.4) is 0 Å². The predicted molar refractivity (Wildman–Crippen MR) is 59.7 cm³/mol. The Morgan fingerprint density at radius 2 is 2.06 bits per heavy atom. The molecule has 1 aliphatic heterocycles. The van der Waals surface area contributed by atoms with Gasteiger partial charge in [-0.25, -0.2) is 4.79 Å². The zero-order valence-electron chi connectivity index (χ0n) is 9.13. The smallest absolute Gasteiger partial charge is 0.330 e. The zero-order valence-corrected chi connectivity index (χ0v) is 9.13. The standard InChI is InChI=1S/C13H14O3/c1-10-12(7-8-13(14)16-10)15-9-11-5-3-2-4-6-11/h2-8,10,12H,9H2,1H3/t10-,12+/m1/s1. The lowest BCUT2D eigenvalue weighted by Crippen LogP contribution is -2.32. The third kappa shape index (κ3) is 2.70. The number of carbonyl (C=O) groups is 1. The fourth-order valence-corrected chi connectivity index (χ4v) is 1.58. The van der Waals surface area contributed by atoms with Gasteiger partial charge < -0.3 is 9.47 Å². The molecular formula is C13H14O3. The second-order valence-electron chi connectivity index (χ2n) is 3.76. The summed E-state index contributed by atoms with van der Waals surface area (Å²) in [5.74, 6) is -0.299. The summed E-state index contributed by atoms with van der Waals surface area (Å²) in [5.41, 5.74) is 1.11. The van der Waals surface area contributed by atoms with E-state index in [1.807, 2.05) is 37.3 Å². The Morgan fingerprint density at radius 3 is 2.75 bits per heavy atom. The van der Waals surface area contributed by atoms with Crippen LogP contribution < -0.4 is 0 Å². The maximum Gasteiger partial charge on any atom is 0.330 e. The number of esters is 1. The molecule has 3 nitrogen and oxygen atoms in total. The summed E-state index contributed by atoms with van der Waals surface area (Å²) in [7, 11) is 0. The number of rotatable bonds is 3. The van der Waals surface area contributed by atoms with Crippen molar-refractivity contribution in [3.8, 4) is 0 Å². The average molecular weight is 218 g/mol. The first kappa shape index (κ1) is 10.9. The van der Waals surface area contributed by atoms with Crippen molar-refractivity contribution < 1.29 is 14.3 Å². The molecule has 1 heterocycles. The summed E-state index contributed by atoms with van der Waals surface area (Å²) in [5, 5.41) is 0. The van der Waals surface area contributed by atoms with Gasteiger partial charge in [0.15, 0.2) is 0 Å². The van der Waals surface area contributed by atoms with Gasteiger partial charge in [-0.05, 0) is 18.6 Å². The van der Waals surface area contributed by atoms with E-state index in [1.54, 1.807) is 6.08 Å². The van der Waals surface area contributed by atoms with Crippen LogP contribution >= 0.6 is 0 Å². The van der Waals surface area contributed by atoms with Gasteiger partial charge in [-0.3, -0.25) is 0 Å². The van der Waals surface area contributed by atoms with Gasteiger partial charge in [-0.1, -0.05) is 30.3 Å². The molecule has 1 aliphatic rings. The molecule has 1 aromatic rings. The van der Waals surface area contributed by atoms with Gasteiger partial charge in [0.25, 0.3) is 0 Å². The number of hydrogen-bond donors (Lipinski definition) is 0. The first-order valence-electron chi connectivity index (χ1n) is 5.30. The highest BCUT2D eigenvalue weighted by atomic mass is 16.6. The van der Waals surface area contributed by atoms with E-state index in [0.717, 1.165) is 5.56 Å². The molecule has 0 aromatic heterocycles. The Balaban J connectivity index is 1.91. The van der Waals surface area contributed by atoms with Crippen LogP contribution in [0.15, 0.2) is 42.5 Å². The Labute approximate surface area is 94.7 Å². The fraction of sp³-hybridized carbons (Fsp3) is 0.308. The largest absolute Gasteiger partial charge is 0.456 e. The van der Waals surface area contributed by atoms with E-state index in [1.165, 1.54) is 6.08 Å². The molecule has 0 saturated carbocycles. The summed E-state index contributed by atoms with van der Waals surface area (Å²) in [6.45, 7) is 2.36. The minimum Gasteiger partial charge on any atom is -0.456 e. The third-order valence-electron chi connectivity index (χ3n) is 2.47. The van der Waals surface area contributed by atoms with Crippen molar-refractivity contribution in [3.05, 3.63) is 48.0 Å². The van der Waals surface area contributed by atoms with E-state index in [2.05, 4.69) is 0 Å². The van der Waals surface area contributed by atoms with Gasteiger partial charge in [0.1, 0.15) is 12.2 Å². The highest BCUT2D eigenvalue weighted by Crippen LogP contribution is 2.13. The molecule has 0 radical (unpaired) electrons. The molecule has 0 saturated heterocycles. The van der Waals surface area contributed by atoms with Crippen molar-refractivity contribution in [1.82, 2.24) is 0 Å². The molecule has 0 fully saturated rings. The van der Waals surface area contributed by atoms with Crippen molar-refractivity contribution in [1.29, 1.82) is 0 Å². The second kappa shape index (κ2) is 4.94. The van der Waals surface area contributed by atoms with E-state index >= 15 is 0 Å². The minimum atomic E-state index is -0.299. The first-order chi connectivity index (χ1) is 7.75. The molecule has 2 rings (SSSR count). The van der Waals surface area contributed by atoms with Crippen LogP contribution in [0.25, 0.3) is 0 Å². The van der Waals surface area contributed by atoms with Crippen molar-refractivity contribution in [3.63, 3.8) is 0 Å². The molecule has 0 amide bonds. The average Bonchev–Trinajstić information content (AvgIpc) is 2.29. The molecule has 0 unspecified atom stereocenters. The van der Waals surface area contributed by atoms with Crippen LogP contribution in [0.4, 0.5) is 0 Å². The van der Waals surface area contributed by atoms with Crippen molar-refractivity contribution in [2.75, 3.05) is 0 Å². The lowest BCUT2D eigenvalue weighted by Gasteiger charge is -2.24. The van der Waals surface area contributed by atoms with Gasteiger partial charge in [-0.15, -0.1) is 0 Å². The van der Waals surface area contributed by atoms with Crippen molar-refractivity contribution in [2.45, 2.75) is 25.7 Å². The number of ether oxygens (including phenoxy) is 2. The quantitative estimate of drug-likeness (QED) is 0.728. The number of hydrogen-bond acceptors (Lipinski definition) is 3. The van der Waals surface area contributed by atoms with Gasteiger partial charge in [0, 0.05) is 6.08 Å². The fourth-order valence-electron chi connectivity index (χ4n) is 1.58. The lowest BCUT2D eigenvalue weighted by molar-refractivity contribution is -0.150. The molecule has 16 heavy (non-hydrogen) atoms. The predicted octanol–water partition coefficient (Wildman–Crippen LogP) is 2.07. The normalized spacial score (nSPS) is 24.2. The van der Waals surface area contributed by atoms with Crippen LogP contribution in [0.2, 0.25) is 0 Å². The summed E-state index contributed by atoms with van der Waals surface area (Å²) in [6.07, 6.45) is 2.79. The monoisotopic (exact) mass is 218 g/mol. The third-order valence-corrected chi connectivity index (χ3v) is 2.47. The van der Waals surface area contributed by atoms with E-state index in [4.69, 9.17) is 9.47 Å². The molecule has 1 aromatic carbocycles. The Bertz CT molecular complexity index is 383. The zero-order chi connectivity index (χ0) is 11.4. The molecule has 3 heteroatoms. The van der Waals surface area contributed by atoms with Crippen molar-refractivity contribution >= 4 is 5.97 Å². The molecule has 0 spiro atoms. The first-order valence-corrected chi connectivity index (χ1v) is 5.30. The summed E-state index contributed by atoms with van der Waals surface area (Å²) in [6, 6.07) is 9.92. The summed E-state index contributed by atoms with van der Waals surface area (Å²) in [4.78, 5) is 10.9. The summed E-state index contributed by atoms with van der Waals surface area (Å²) < 4.78 is 10.7. The Hall–Kier alpha value is -1.61. The van der Waals surface area contributed by atoms with Gasteiger partial charge in [-0.2, -0.15) is 0 Å². The topological polar surface area (TPSA) is 35.5 Å². The second-order valence-corrected chi connectivity index (χ2v) is 3.76. The van der Waals surface area contributed by atoms with Gasteiger partial charge >= 0.3 is 5.97 Å². The highest BCUT2D eigenvalue weighted by molar-refractivity contribution is 5.83. The van der Waals surface area contributed by atoms with Crippen molar-refractivity contribution in [2.24, 2.45) is 0 Å². The Kier molecular flexibility index (Phi) is 3.37. The molecule has 2 atom stereocenters. The maximum absolute atomic E-state index is 10.9. The Morgan fingerprint density at radius 1 is 1.31 bits per heavy atom. The molecule has 0 aliphatic carbocycles. The minimum absolute atomic E-state index is 0.155.